The van der Waals surface area contributed by atoms with Gasteiger partial charge in [0.05, 0.1) is 0 Å². The average molecular weight is 237 g/mol. The minimum absolute atomic E-state index is 0.481. The molecule has 2 N–H and O–H groups in total. The van der Waals surface area contributed by atoms with Crippen LogP contribution in [-0.4, -0.2) is 53.6 Å². The van der Waals surface area contributed by atoms with Crippen LogP contribution in [0.25, 0.3) is 0 Å². The third-order valence-corrected chi connectivity index (χ3v) is 4.98. The maximum atomic E-state index is 6.00. The Balaban J connectivity index is 1.53. The second-order valence-corrected chi connectivity index (χ2v) is 6.38. The van der Waals surface area contributed by atoms with Gasteiger partial charge in [0.15, 0.2) is 0 Å². The summed E-state index contributed by atoms with van der Waals surface area (Å²) >= 11 is 0. The molecule has 2 saturated carbocycles. The Hall–Kier alpha value is -0.120. The van der Waals surface area contributed by atoms with Crippen molar-refractivity contribution in [3.05, 3.63) is 0 Å². The van der Waals surface area contributed by atoms with Gasteiger partial charge in [0.1, 0.15) is 0 Å². The Morgan fingerprint density at radius 3 is 2.12 bits per heavy atom. The number of piperazine rings is 1. The summed E-state index contributed by atoms with van der Waals surface area (Å²) in [5.41, 5.74) is 6.00. The van der Waals surface area contributed by atoms with Crippen LogP contribution < -0.4 is 5.73 Å². The topological polar surface area (TPSA) is 32.5 Å². The van der Waals surface area contributed by atoms with Crippen molar-refractivity contribution in [2.75, 3.05) is 19.6 Å². The fourth-order valence-electron chi connectivity index (χ4n) is 3.75. The molecule has 3 heteroatoms. The number of hydrogen-bond acceptors (Lipinski definition) is 3. The summed E-state index contributed by atoms with van der Waals surface area (Å²) in [4.78, 5) is 5.49. The van der Waals surface area contributed by atoms with Crippen molar-refractivity contribution in [2.24, 2.45) is 5.73 Å². The third-order valence-electron chi connectivity index (χ3n) is 4.98. The number of nitrogens with zero attached hydrogens (tertiary/aromatic N) is 2. The molecule has 3 fully saturated rings. The first kappa shape index (κ1) is 11.9. The van der Waals surface area contributed by atoms with Crippen molar-refractivity contribution in [1.29, 1.82) is 0 Å². The van der Waals surface area contributed by atoms with E-state index in [1.54, 1.807) is 0 Å². The van der Waals surface area contributed by atoms with E-state index in [9.17, 15) is 0 Å². The summed E-state index contributed by atoms with van der Waals surface area (Å²) in [6.07, 6.45) is 8.03. The summed E-state index contributed by atoms with van der Waals surface area (Å²) < 4.78 is 0. The van der Waals surface area contributed by atoms with Gasteiger partial charge in [-0.3, -0.25) is 9.80 Å². The SMILES string of the molecule is CC1CN(C2CC2)CCN1C1CCC(N)CC1. The standard InChI is InChI=1S/C14H27N3/c1-11-10-16(13-6-7-13)8-9-17(11)14-4-2-12(15)3-5-14/h11-14H,2-10,15H2,1H3. The highest BCUT2D eigenvalue weighted by molar-refractivity contribution is 4.93. The van der Waals surface area contributed by atoms with Crippen LogP contribution in [0.1, 0.15) is 45.4 Å². The highest BCUT2D eigenvalue weighted by Crippen LogP contribution is 2.31. The van der Waals surface area contributed by atoms with Gasteiger partial charge in [-0.1, -0.05) is 0 Å². The molecule has 1 atom stereocenters. The normalized spacial score (nSPS) is 41.6. The van der Waals surface area contributed by atoms with Gasteiger partial charge in [0.2, 0.25) is 0 Å². The molecular formula is C14H27N3. The van der Waals surface area contributed by atoms with Gasteiger partial charge in [-0.25, -0.2) is 0 Å². The first-order valence-corrected chi connectivity index (χ1v) is 7.49. The van der Waals surface area contributed by atoms with E-state index in [0.29, 0.717) is 6.04 Å². The Bertz CT molecular complexity index is 256. The molecule has 0 aromatic rings. The van der Waals surface area contributed by atoms with Crippen molar-refractivity contribution in [1.82, 2.24) is 9.80 Å². The Morgan fingerprint density at radius 2 is 1.53 bits per heavy atom. The first-order valence-electron chi connectivity index (χ1n) is 7.49. The Kier molecular flexibility index (Phi) is 3.42. The summed E-state index contributed by atoms with van der Waals surface area (Å²) in [5.74, 6) is 0. The molecule has 0 aromatic heterocycles. The molecule has 0 amide bonds. The largest absolute Gasteiger partial charge is 0.328 e. The second-order valence-electron chi connectivity index (χ2n) is 6.38. The second kappa shape index (κ2) is 4.87. The zero-order chi connectivity index (χ0) is 11.8. The minimum atomic E-state index is 0.481. The fourth-order valence-corrected chi connectivity index (χ4v) is 3.75. The van der Waals surface area contributed by atoms with E-state index in [2.05, 4.69) is 16.7 Å². The van der Waals surface area contributed by atoms with E-state index in [1.807, 2.05) is 0 Å². The van der Waals surface area contributed by atoms with Gasteiger partial charge >= 0.3 is 0 Å². The minimum Gasteiger partial charge on any atom is -0.328 e. The Labute approximate surface area is 105 Å². The van der Waals surface area contributed by atoms with Crippen LogP contribution in [0.3, 0.4) is 0 Å². The summed E-state index contributed by atoms with van der Waals surface area (Å²) in [7, 11) is 0. The maximum absolute atomic E-state index is 6.00. The fraction of sp³-hybridized carbons (Fsp3) is 1.00. The molecule has 3 rings (SSSR count). The molecule has 2 aliphatic carbocycles. The lowest BCUT2D eigenvalue weighted by Gasteiger charge is -2.46. The van der Waals surface area contributed by atoms with E-state index < -0.39 is 0 Å². The van der Waals surface area contributed by atoms with Crippen LogP contribution in [0, 0.1) is 0 Å². The molecule has 17 heavy (non-hydrogen) atoms. The van der Waals surface area contributed by atoms with Crippen molar-refractivity contribution >= 4 is 0 Å². The van der Waals surface area contributed by atoms with Crippen LogP contribution in [0.15, 0.2) is 0 Å². The van der Waals surface area contributed by atoms with Crippen molar-refractivity contribution in [2.45, 2.75) is 69.6 Å². The van der Waals surface area contributed by atoms with E-state index in [-0.39, 0.29) is 0 Å². The van der Waals surface area contributed by atoms with E-state index >= 15 is 0 Å². The lowest BCUT2D eigenvalue weighted by atomic mass is 9.89. The molecule has 3 aliphatic rings. The lowest BCUT2D eigenvalue weighted by molar-refractivity contribution is 0.0302. The molecule has 1 saturated heterocycles. The molecule has 1 heterocycles. The quantitative estimate of drug-likeness (QED) is 0.788. The number of nitrogens with two attached hydrogens (primary N) is 1. The number of rotatable bonds is 2. The van der Waals surface area contributed by atoms with Crippen molar-refractivity contribution < 1.29 is 0 Å². The van der Waals surface area contributed by atoms with Crippen LogP contribution in [0.4, 0.5) is 0 Å². The highest BCUT2D eigenvalue weighted by Gasteiger charge is 2.36. The van der Waals surface area contributed by atoms with Gasteiger partial charge < -0.3 is 5.73 Å². The van der Waals surface area contributed by atoms with Gasteiger partial charge in [0.25, 0.3) is 0 Å². The van der Waals surface area contributed by atoms with Gasteiger partial charge in [-0.2, -0.15) is 0 Å². The smallest absolute Gasteiger partial charge is 0.0198 e. The van der Waals surface area contributed by atoms with Gasteiger partial charge in [0, 0.05) is 43.8 Å². The third kappa shape index (κ3) is 2.67. The molecule has 1 unspecified atom stereocenters. The van der Waals surface area contributed by atoms with E-state index in [0.717, 1.165) is 18.1 Å². The molecule has 3 nitrogen and oxygen atoms in total. The van der Waals surface area contributed by atoms with Crippen LogP contribution in [0.5, 0.6) is 0 Å². The monoisotopic (exact) mass is 237 g/mol. The summed E-state index contributed by atoms with van der Waals surface area (Å²) in [6.45, 7) is 6.31. The summed E-state index contributed by atoms with van der Waals surface area (Å²) in [5, 5.41) is 0. The summed E-state index contributed by atoms with van der Waals surface area (Å²) in [6, 6.07) is 3.00. The van der Waals surface area contributed by atoms with Crippen molar-refractivity contribution in [3.63, 3.8) is 0 Å². The molecular weight excluding hydrogens is 210 g/mol. The molecule has 0 radical (unpaired) electrons. The molecule has 98 valence electrons. The van der Waals surface area contributed by atoms with E-state index in [4.69, 9.17) is 5.73 Å². The van der Waals surface area contributed by atoms with Crippen LogP contribution in [-0.2, 0) is 0 Å². The van der Waals surface area contributed by atoms with Gasteiger partial charge in [-0.05, 0) is 45.4 Å². The van der Waals surface area contributed by atoms with Crippen LogP contribution >= 0.6 is 0 Å². The molecule has 0 spiro atoms. The highest BCUT2D eigenvalue weighted by atomic mass is 15.3. The zero-order valence-corrected chi connectivity index (χ0v) is 11.1. The molecule has 0 bridgehead atoms. The first-order chi connectivity index (χ1) is 8.24. The molecule has 1 aliphatic heterocycles. The predicted octanol–water partition coefficient (Wildman–Crippen LogP) is 1.42. The number of hydrogen-bond donors (Lipinski definition) is 1. The maximum Gasteiger partial charge on any atom is 0.0198 e. The van der Waals surface area contributed by atoms with E-state index in [1.165, 1.54) is 58.2 Å². The van der Waals surface area contributed by atoms with Crippen LogP contribution in [0.2, 0.25) is 0 Å². The molecule has 0 aromatic carbocycles. The predicted molar refractivity (Wildman–Crippen MR) is 71.0 cm³/mol. The zero-order valence-electron chi connectivity index (χ0n) is 11.1. The average Bonchev–Trinajstić information content (AvgIpc) is 3.14. The lowest BCUT2D eigenvalue weighted by Crippen LogP contribution is -2.56. The van der Waals surface area contributed by atoms with Gasteiger partial charge in [-0.15, -0.1) is 0 Å². The Morgan fingerprint density at radius 1 is 0.882 bits per heavy atom. The van der Waals surface area contributed by atoms with Crippen molar-refractivity contribution in [3.8, 4) is 0 Å².